The monoisotopic (exact) mass is 385 g/mol. The van der Waals surface area contributed by atoms with Crippen LogP contribution in [0.4, 0.5) is 8.78 Å². The van der Waals surface area contributed by atoms with E-state index in [1.807, 2.05) is 13.8 Å². The van der Waals surface area contributed by atoms with Crippen molar-refractivity contribution in [3.8, 4) is 0 Å². The molecule has 8 heteroatoms. The minimum atomic E-state index is -2.61. The van der Waals surface area contributed by atoms with Gasteiger partial charge in [-0.2, -0.15) is 0 Å². The highest BCUT2D eigenvalue weighted by molar-refractivity contribution is 14.0. The molecule has 1 atom stereocenters. The molecule has 1 unspecified atom stereocenters. The van der Waals surface area contributed by atoms with Gasteiger partial charge in [-0.25, -0.2) is 23.7 Å². The number of rotatable bonds is 5. The number of aliphatic imine (C=N–C) groups is 1. The molecule has 0 aliphatic heterocycles. The van der Waals surface area contributed by atoms with Crippen LogP contribution in [0.5, 0.6) is 0 Å². The summed E-state index contributed by atoms with van der Waals surface area (Å²) in [4.78, 5) is 11.5. The quantitative estimate of drug-likeness (QED) is 0.463. The number of nitrogens with two attached hydrogens (primary N) is 1. The molecule has 1 aromatic heterocycles. The summed E-state index contributed by atoms with van der Waals surface area (Å²) in [7, 11) is 0. The van der Waals surface area contributed by atoms with Crippen molar-refractivity contribution in [1.82, 2.24) is 15.3 Å². The van der Waals surface area contributed by atoms with Crippen LogP contribution >= 0.6 is 24.0 Å². The Morgan fingerprint density at radius 1 is 1.53 bits per heavy atom. The third kappa shape index (κ3) is 6.60. The molecule has 0 saturated heterocycles. The van der Waals surface area contributed by atoms with Crippen LogP contribution in [0.3, 0.4) is 0 Å². The molecule has 0 fully saturated rings. The maximum absolute atomic E-state index is 12.4. The van der Waals surface area contributed by atoms with Crippen molar-refractivity contribution in [2.75, 3.05) is 0 Å². The molecule has 0 saturated carbocycles. The van der Waals surface area contributed by atoms with E-state index in [2.05, 4.69) is 20.3 Å². The largest absolute Gasteiger partial charge is 0.370 e. The predicted octanol–water partition coefficient (Wildman–Crippen LogP) is 2.24. The molecule has 108 valence electrons. The number of hydrogen-bond acceptors (Lipinski definition) is 3. The molecule has 5 nitrogen and oxygen atoms in total. The van der Waals surface area contributed by atoms with Crippen molar-refractivity contribution >= 4 is 29.9 Å². The Balaban J connectivity index is 0.00000324. The summed E-state index contributed by atoms with van der Waals surface area (Å²) in [5, 5.41) is 2.96. The summed E-state index contributed by atoms with van der Waals surface area (Å²) in [5.74, 6) is 0.483. The Hall–Kier alpha value is -1.06. The Kier molecular flexibility index (Phi) is 8.44. The average molecular weight is 385 g/mol. The summed E-state index contributed by atoms with van der Waals surface area (Å²) < 4.78 is 24.8. The van der Waals surface area contributed by atoms with E-state index in [0.29, 0.717) is 0 Å². The Morgan fingerprint density at radius 3 is 2.79 bits per heavy atom. The smallest absolute Gasteiger partial charge is 0.280 e. The van der Waals surface area contributed by atoms with Crippen molar-refractivity contribution in [2.45, 2.75) is 39.3 Å². The van der Waals surface area contributed by atoms with Crippen molar-refractivity contribution < 1.29 is 8.78 Å². The zero-order valence-corrected chi connectivity index (χ0v) is 13.1. The van der Waals surface area contributed by atoms with E-state index < -0.39 is 6.43 Å². The van der Waals surface area contributed by atoms with Crippen LogP contribution in [0.25, 0.3) is 0 Å². The number of hydrogen-bond donors (Lipinski definition) is 2. The van der Waals surface area contributed by atoms with E-state index in [-0.39, 0.29) is 54.0 Å². The van der Waals surface area contributed by atoms with Crippen molar-refractivity contribution in [3.63, 3.8) is 0 Å². The number of guanidine groups is 1. The van der Waals surface area contributed by atoms with Gasteiger partial charge in [0.1, 0.15) is 18.1 Å². The maximum atomic E-state index is 12.4. The van der Waals surface area contributed by atoms with Crippen LogP contribution in [0.15, 0.2) is 17.3 Å². The zero-order chi connectivity index (χ0) is 13.5. The van der Waals surface area contributed by atoms with Gasteiger partial charge in [0.2, 0.25) is 0 Å². The summed E-state index contributed by atoms with van der Waals surface area (Å²) in [5.41, 5.74) is 5.33. The molecule has 19 heavy (non-hydrogen) atoms. The first-order valence-corrected chi connectivity index (χ1v) is 5.69. The van der Waals surface area contributed by atoms with Crippen molar-refractivity contribution in [1.29, 1.82) is 0 Å². The van der Waals surface area contributed by atoms with E-state index >= 15 is 0 Å². The molecule has 1 heterocycles. The van der Waals surface area contributed by atoms with Gasteiger partial charge in [0.15, 0.2) is 5.96 Å². The first-order valence-electron chi connectivity index (χ1n) is 5.69. The Labute approximate surface area is 128 Å². The molecule has 0 aromatic carbocycles. The molecule has 3 N–H and O–H groups in total. The number of alkyl halides is 2. The molecule has 0 amide bonds. The lowest BCUT2D eigenvalue weighted by Gasteiger charge is -2.11. The molecule has 1 rings (SSSR count). The van der Waals surface area contributed by atoms with Gasteiger partial charge in [-0.1, -0.05) is 6.92 Å². The van der Waals surface area contributed by atoms with Crippen molar-refractivity contribution in [3.05, 3.63) is 23.8 Å². The van der Waals surface area contributed by atoms with Gasteiger partial charge < -0.3 is 11.1 Å². The van der Waals surface area contributed by atoms with E-state index in [9.17, 15) is 8.78 Å². The molecule has 0 radical (unpaired) electrons. The third-order valence-electron chi connectivity index (χ3n) is 2.35. The van der Waals surface area contributed by atoms with Gasteiger partial charge in [-0.05, 0) is 19.4 Å². The molecule has 0 spiro atoms. The number of aromatic nitrogens is 2. The summed E-state index contributed by atoms with van der Waals surface area (Å²) >= 11 is 0. The maximum Gasteiger partial charge on any atom is 0.280 e. The van der Waals surface area contributed by atoms with E-state index in [1.165, 1.54) is 12.3 Å². The number of nitrogens with zero attached hydrogens (tertiary/aromatic N) is 3. The predicted molar refractivity (Wildman–Crippen MR) is 80.6 cm³/mol. The van der Waals surface area contributed by atoms with Gasteiger partial charge in [0.25, 0.3) is 6.43 Å². The fraction of sp³-hybridized carbons (Fsp3) is 0.545. The normalized spacial score (nSPS) is 13.0. The Bertz CT molecular complexity index is 414. The fourth-order valence-electron chi connectivity index (χ4n) is 1.17. The second kappa shape index (κ2) is 8.94. The van der Waals surface area contributed by atoms with Gasteiger partial charge in [-0.15, -0.1) is 24.0 Å². The van der Waals surface area contributed by atoms with Crippen LogP contribution in [-0.2, 0) is 6.54 Å². The molecule has 0 aliphatic carbocycles. The highest BCUT2D eigenvalue weighted by atomic mass is 127. The third-order valence-corrected chi connectivity index (χ3v) is 2.35. The van der Waals surface area contributed by atoms with Crippen molar-refractivity contribution in [2.24, 2.45) is 10.7 Å². The van der Waals surface area contributed by atoms with Crippen LogP contribution in [0.1, 0.15) is 38.2 Å². The SMILES string of the molecule is CCC(C)NC(N)=NCc1nccc(C(F)F)n1.I. The van der Waals surface area contributed by atoms with Crippen LogP contribution in [0.2, 0.25) is 0 Å². The zero-order valence-electron chi connectivity index (χ0n) is 10.8. The molecule has 1 aromatic rings. The molecular formula is C11H18F2IN5. The second-order valence-corrected chi connectivity index (χ2v) is 3.85. The fourth-order valence-corrected chi connectivity index (χ4v) is 1.17. The number of nitrogens with one attached hydrogen (secondary N) is 1. The average Bonchev–Trinajstić information content (AvgIpc) is 2.36. The molecule has 0 aliphatic rings. The lowest BCUT2D eigenvalue weighted by Crippen LogP contribution is -2.38. The highest BCUT2D eigenvalue weighted by Gasteiger charge is 2.09. The summed E-state index contributed by atoms with van der Waals surface area (Å²) in [6.45, 7) is 4.06. The van der Waals surface area contributed by atoms with Gasteiger partial charge in [-0.3, -0.25) is 0 Å². The lowest BCUT2D eigenvalue weighted by molar-refractivity contribution is 0.145. The summed E-state index contributed by atoms with van der Waals surface area (Å²) in [6.07, 6.45) is -0.406. The second-order valence-electron chi connectivity index (χ2n) is 3.85. The van der Waals surface area contributed by atoms with E-state index in [4.69, 9.17) is 5.73 Å². The Morgan fingerprint density at radius 2 is 2.21 bits per heavy atom. The first-order chi connectivity index (χ1) is 8.52. The topological polar surface area (TPSA) is 76.2 Å². The molecule has 0 bridgehead atoms. The van der Waals surface area contributed by atoms with Gasteiger partial charge >= 0.3 is 0 Å². The van der Waals surface area contributed by atoms with Crippen LogP contribution in [0, 0.1) is 0 Å². The molecular weight excluding hydrogens is 367 g/mol. The van der Waals surface area contributed by atoms with E-state index in [1.54, 1.807) is 0 Å². The van der Waals surface area contributed by atoms with Gasteiger partial charge in [0.05, 0.1) is 0 Å². The summed E-state index contributed by atoms with van der Waals surface area (Å²) in [6, 6.07) is 1.39. The standard InChI is InChI=1S/C11H17F2N5.HI/c1-3-7(2)17-11(14)16-6-9-15-5-4-8(18-9)10(12)13;/h4-5,7,10H,3,6H2,1-2H3,(H3,14,16,17);1H. The minimum Gasteiger partial charge on any atom is -0.370 e. The highest BCUT2D eigenvalue weighted by Crippen LogP contribution is 2.15. The van der Waals surface area contributed by atoms with E-state index in [0.717, 1.165) is 6.42 Å². The number of halogens is 3. The van der Waals surface area contributed by atoms with Crippen LogP contribution < -0.4 is 11.1 Å². The van der Waals surface area contributed by atoms with Gasteiger partial charge in [0, 0.05) is 12.2 Å². The van der Waals surface area contributed by atoms with Crippen LogP contribution in [-0.4, -0.2) is 22.0 Å². The minimum absolute atomic E-state index is 0. The lowest BCUT2D eigenvalue weighted by atomic mass is 10.3. The first kappa shape index (κ1) is 17.9.